The molecular formula is C14H26N2O2S. The Hall–Kier alpha value is -0.420. The Balaban J connectivity index is 1.89. The fourth-order valence-electron chi connectivity index (χ4n) is 2.71. The molecule has 2 rings (SSSR count). The largest absolute Gasteiger partial charge is 0.444 e. The molecule has 1 heterocycles. The van der Waals surface area contributed by atoms with Crippen LogP contribution in [-0.4, -0.2) is 34.8 Å². The van der Waals surface area contributed by atoms with E-state index in [1.165, 1.54) is 24.3 Å². The highest BCUT2D eigenvalue weighted by atomic mass is 32.2. The average molecular weight is 286 g/mol. The van der Waals surface area contributed by atoms with E-state index in [0.29, 0.717) is 5.92 Å². The highest BCUT2D eigenvalue weighted by Gasteiger charge is 2.52. The van der Waals surface area contributed by atoms with Gasteiger partial charge in [0, 0.05) is 6.04 Å². The van der Waals surface area contributed by atoms with Gasteiger partial charge in [0.05, 0.1) is 5.54 Å². The van der Waals surface area contributed by atoms with Gasteiger partial charge in [-0.25, -0.2) is 4.79 Å². The molecule has 0 radical (unpaired) electrons. The molecule has 19 heavy (non-hydrogen) atoms. The molecule has 0 aromatic carbocycles. The lowest BCUT2D eigenvalue weighted by atomic mass is 9.87. The molecule has 0 bridgehead atoms. The van der Waals surface area contributed by atoms with Crippen LogP contribution in [0.1, 0.15) is 46.5 Å². The second-order valence-corrected chi connectivity index (χ2v) is 7.98. The van der Waals surface area contributed by atoms with Crippen LogP contribution in [0.25, 0.3) is 0 Å². The normalized spacial score (nSPS) is 24.6. The van der Waals surface area contributed by atoms with Crippen molar-refractivity contribution in [1.82, 2.24) is 5.32 Å². The van der Waals surface area contributed by atoms with E-state index in [2.05, 4.69) is 5.32 Å². The first-order valence-corrected chi connectivity index (χ1v) is 8.32. The average Bonchev–Trinajstić information content (AvgIpc) is 3.07. The Morgan fingerprint density at radius 3 is 2.42 bits per heavy atom. The minimum Gasteiger partial charge on any atom is -0.444 e. The molecule has 2 fully saturated rings. The van der Waals surface area contributed by atoms with Gasteiger partial charge in [-0.15, -0.1) is 0 Å². The minimum atomic E-state index is -0.453. The molecule has 0 spiro atoms. The van der Waals surface area contributed by atoms with Crippen LogP contribution in [0.3, 0.4) is 0 Å². The van der Waals surface area contributed by atoms with Gasteiger partial charge in [-0.3, -0.25) is 0 Å². The Morgan fingerprint density at radius 1 is 1.37 bits per heavy atom. The van der Waals surface area contributed by atoms with Crippen LogP contribution in [-0.2, 0) is 4.74 Å². The molecular weight excluding hydrogens is 260 g/mol. The fourth-order valence-corrected chi connectivity index (χ4v) is 3.85. The van der Waals surface area contributed by atoms with Crippen LogP contribution >= 0.6 is 11.8 Å². The summed E-state index contributed by atoms with van der Waals surface area (Å²) in [7, 11) is 0. The van der Waals surface area contributed by atoms with Crippen molar-refractivity contribution in [2.45, 2.75) is 63.6 Å². The summed E-state index contributed by atoms with van der Waals surface area (Å²) in [6.07, 6.45) is 3.98. The maximum atomic E-state index is 11.9. The van der Waals surface area contributed by atoms with Crippen molar-refractivity contribution in [3.8, 4) is 0 Å². The van der Waals surface area contributed by atoms with Gasteiger partial charge < -0.3 is 15.8 Å². The van der Waals surface area contributed by atoms with E-state index < -0.39 is 5.60 Å². The van der Waals surface area contributed by atoms with Crippen LogP contribution in [0, 0.1) is 5.92 Å². The molecule has 1 saturated carbocycles. The zero-order valence-corrected chi connectivity index (χ0v) is 13.0. The van der Waals surface area contributed by atoms with Crippen LogP contribution in [0.5, 0.6) is 0 Å². The van der Waals surface area contributed by atoms with Crippen LogP contribution in [0.2, 0.25) is 0 Å². The zero-order chi connectivity index (χ0) is 14.1. The second kappa shape index (κ2) is 5.52. The number of rotatable bonds is 3. The summed E-state index contributed by atoms with van der Waals surface area (Å²) in [5.41, 5.74) is 5.77. The molecule has 4 nitrogen and oxygen atoms in total. The van der Waals surface area contributed by atoms with Crippen LogP contribution in [0.4, 0.5) is 4.79 Å². The summed E-state index contributed by atoms with van der Waals surface area (Å²) in [6.45, 7) is 5.64. The van der Waals surface area contributed by atoms with E-state index in [4.69, 9.17) is 10.5 Å². The maximum absolute atomic E-state index is 11.9. The van der Waals surface area contributed by atoms with Crippen molar-refractivity contribution in [3.05, 3.63) is 0 Å². The van der Waals surface area contributed by atoms with E-state index in [0.717, 1.165) is 12.8 Å². The Kier molecular flexibility index (Phi) is 4.35. The lowest BCUT2D eigenvalue weighted by Gasteiger charge is -2.34. The molecule has 5 heteroatoms. The SMILES string of the molecule is CC(C)(C)OC(=O)NC1(C(N)C2CCSCC2)CC1. The predicted molar refractivity (Wildman–Crippen MR) is 79.4 cm³/mol. The molecule has 110 valence electrons. The second-order valence-electron chi connectivity index (χ2n) is 6.76. The lowest BCUT2D eigenvalue weighted by Crippen LogP contribution is -2.54. The summed E-state index contributed by atoms with van der Waals surface area (Å²) in [5, 5.41) is 3.03. The predicted octanol–water partition coefficient (Wildman–Crippen LogP) is 2.51. The standard InChI is InChI=1S/C14H26N2O2S/c1-13(2,3)18-12(17)16-14(6-7-14)11(15)10-4-8-19-9-5-10/h10-11H,4-9,15H2,1-3H3,(H,16,17). The quantitative estimate of drug-likeness (QED) is 0.836. The number of ether oxygens (including phenoxy) is 1. The summed E-state index contributed by atoms with van der Waals surface area (Å²) in [6, 6.07) is 0.0703. The van der Waals surface area contributed by atoms with Gasteiger partial charge in [0.15, 0.2) is 0 Å². The highest BCUT2D eigenvalue weighted by Crippen LogP contribution is 2.43. The monoisotopic (exact) mass is 286 g/mol. The molecule has 1 amide bonds. The van der Waals surface area contributed by atoms with Gasteiger partial charge in [0.25, 0.3) is 0 Å². The summed E-state index contributed by atoms with van der Waals surface area (Å²) >= 11 is 2.00. The van der Waals surface area contributed by atoms with Gasteiger partial charge in [-0.05, 0) is 63.9 Å². The first-order valence-electron chi connectivity index (χ1n) is 7.17. The van der Waals surface area contributed by atoms with Crippen molar-refractivity contribution in [1.29, 1.82) is 0 Å². The molecule has 2 aliphatic rings. The van der Waals surface area contributed by atoms with Crippen molar-refractivity contribution in [2.24, 2.45) is 11.7 Å². The fraction of sp³-hybridized carbons (Fsp3) is 0.929. The summed E-state index contributed by atoms with van der Waals surface area (Å²) in [5.74, 6) is 2.93. The number of nitrogens with two attached hydrogens (primary N) is 1. The van der Waals surface area contributed by atoms with Gasteiger partial charge >= 0.3 is 6.09 Å². The van der Waals surface area contributed by atoms with Crippen LogP contribution < -0.4 is 11.1 Å². The molecule has 0 aromatic heterocycles. The van der Waals surface area contributed by atoms with E-state index in [1.807, 2.05) is 32.5 Å². The van der Waals surface area contributed by atoms with Crippen molar-refractivity contribution < 1.29 is 9.53 Å². The van der Waals surface area contributed by atoms with Gasteiger partial charge in [0.1, 0.15) is 5.60 Å². The molecule has 3 N–H and O–H groups in total. The smallest absolute Gasteiger partial charge is 0.408 e. The molecule has 1 aliphatic heterocycles. The first kappa shape index (κ1) is 15.0. The Bertz CT molecular complexity index is 331. The summed E-state index contributed by atoms with van der Waals surface area (Å²) in [4.78, 5) is 11.9. The van der Waals surface area contributed by atoms with E-state index in [9.17, 15) is 4.79 Å². The van der Waals surface area contributed by atoms with Gasteiger partial charge in [0.2, 0.25) is 0 Å². The van der Waals surface area contributed by atoms with E-state index >= 15 is 0 Å². The molecule has 1 atom stereocenters. The zero-order valence-electron chi connectivity index (χ0n) is 12.2. The van der Waals surface area contributed by atoms with E-state index in [-0.39, 0.29) is 17.7 Å². The number of thioether (sulfide) groups is 1. The van der Waals surface area contributed by atoms with Gasteiger partial charge in [-0.1, -0.05) is 0 Å². The third-order valence-corrected chi connectivity index (χ3v) is 5.00. The number of carbonyl (C=O) groups excluding carboxylic acids is 1. The van der Waals surface area contributed by atoms with Gasteiger partial charge in [-0.2, -0.15) is 11.8 Å². The van der Waals surface area contributed by atoms with E-state index in [1.54, 1.807) is 0 Å². The first-order chi connectivity index (χ1) is 8.82. The molecule has 1 aliphatic carbocycles. The number of carbonyl (C=O) groups is 1. The molecule has 1 saturated heterocycles. The van der Waals surface area contributed by atoms with Crippen LogP contribution in [0.15, 0.2) is 0 Å². The Labute approximate surface area is 120 Å². The number of amides is 1. The Morgan fingerprint density at radius 2 is 1.95 bits per heavy atom. The van der Waals surface area contributed by atoms with Crippen molar-refractivity contribution >= 4 is 17.9 Å². The van der Waals surface area contributed by atoms with Crippen molar-refractivity contribution in [2.75, 3.05) is 11.5 Å². The summed E-state index contributed by atoms with van der Waals surface area (Å²) < 4.78 is 5.34. The maximum Gasteiger partial charge on any atom is 0.408 e. The number of hydrogen-bond donors (Lipinski definition) is 2. The number of alkyl carbamates (subject to hydrolysis) is 1. The number of hydrogen-bond acceptors (Lipinski definition) is 4. The third kappa shape index (κ3) is 4.02. The lowest BCUT2D eigenvalue weighted by molar-refractivity contribution is 0.0478. The highest BCUT2D eigenvalue weighted by molar-refractivity contribution is 7.99. The van der Waals surface area contributed by atoms with Crippen molar-refractivity contribution in [3.63, 3.8) is 0 Å². The third-order valence-electron chi connectivity index (χ3n) is 3.95. The number of nitrogens with one attached hydrogen (secondary N) is 1. The minimum absolute atomic E-state index is 0.0703. The molecule has 0 aromatic rings. The topological polar surface area (TPSA) is 64.3 Å². The molecule has 1 unspecified atom stereocenters.